The Labute approximate surface area is 182 Å². The molecular formula is C23H19BrN4O2. The average Bonchev–Trinajstić information content (AvgIpc) is 3.57. The lowest BCUT2D eigenvalue weighted by Gasteiger charge is -2.32. The maximum Gasteiger partial charge on any atom is 0.245 e. The molecule has 2 aliphatic rings. The number of halogens is 1. The molecule has 7 heteroatoms. The summed E-state index contributed by atoms with van der Waals surface area (Å²) in [4.78, 5) is 36.5. The van der Waals surface area contributed by atoms with Crippen molar-refractivity contribution in [2.75, 3.05) is 4.90 Å². The Morgan fingerprint density at radius 2 is 1.97 bits per heavy atom. The quantitative estimate of drug-likeness (QED) is 0.594. The van der Waals surface area contributed by atoms with E-state index in [2.05, 4.69) is 31.2 Å². The molecule has 0 bridgehead atoms. The van der Waals surface area contributed by atoms with Gasteiger partial charge < -0.3 is 5.32 Å². The summed E-state index contributed by atoms with van der Waals surface area (Å²) in [6.45, 7) is 0. The van der Waals surface area contributed by atoms with Gasteiger partial charge in [-0.25, -0.2) is 4.98 Å². The fraction of sp³-hybridized carbons (Fsp3) is 0.217. The van der Waals surface area contributed by atoms with E-state index in [9.17, 15) is 9.59 Å². The number of anilines is 2. The average molecular weight is 463 g/mol. The number of nitrogens with one attached hydrogen (secondary N) is 1. The van der Waals surface area contributed by atoms with Gasteiger partial charge >= 0.3 is 0 Å². The topological polar surface area (TPSA) is 75.2 Å². The number of nitrogens with zero attached hydrogens (tertiary/aromatic N) is 3. The first-order valence-corrected chi connectivity index (χ1v) is 10.7. The Balaban J connectivity index is 1.55. The number of hydrogen-bond acceptors (Lipinski definition) is 4. The third kappa shape index (κ3) is 3.61. The van der Waals surface area contributed by atoms with Crippen molar-refractivity contribution in [1.29, 1.82) is 0 Å². The maximum atomic E-state index is 13.4. The molecule has 2 amide bonds. The van der Waals surface area contributed by atoms with Gasteiger partial charge in [0.2, 0.25) is 11.8 Å². The maximum absolute atomic E-state index is 13.4. The number of rotatable bonds is 4. The van der Waals surface area contributed by atoms with Gasteiger partial charge in [0.15, 0.2) is 0 Å². The summed E-state index contributed by atoms with van der Waals surface area (Å²) in [5.41, 5.74) is 3.43. The first-order valence-electron chi connectivity index (χ1n) is 9.89. The normalized spacial score (nSPS) is 18.1. The molecule has 0 saturated heterocycles. The summed E-state index contributed by atoms with van der Waals surface area (Å²) in [6, 6.07) is 13.6. The van der Waals surface area contributed by atoms with Gasteiger partial charge in [-0.15, -0.1) is 0 Å². The SMILES string of the molecule is O=C(NC1CC1)C1Cc2cccnc2N(c2cccc(-c3cncc(Br)c3)c2)C1=O. The Kier molecular flexibility index (Phi) is 4.83. The zero-order valence-corrected chi connectivity index (χ0v) is 17.7. The van der Waals surface area contributed by atoms with Crippen LogP contribution in [0.2, 0.25) is 0 Å². The van der Waals surface area contributed by atoms with Gasteiger partial charge in [-0.3, -0.25) is 19.5 Å². The monoisotopic (exact) mass is 462 g/mol. The smallest absolute Gasteiger partial charge is 0.245 e. The van der Waals surface area contributed by atoms with Crippen LogP contribution < -0.4 is 10.2 Å². The van der Waals surface area contributed by atoms with E-state index < -0.39 is 5.92 Å². The molecule has 1 N–H and O–H groups in total. The molecule has 2 aromatic heterocycles. The predicted octanol–water partition coefficient (Wildman–Crippen LogP) is 4.02. The van der Waals surface area contributed by atoms with Crippen LogP contribution in [0.3, 0.4) is 0 Å². The van der Waals surface area contributed by atoms with Crippen molar-refractivity contribution in [2.24, 2.45) is 5.92 Å². The molecule has 1 aromatic carbocycles. The van der Waals surface area contributed by atoms with Gasteiger partial charge in [-0.05, 0) is 70.6 Å². The van der Waals surface area contributed by atoms with Crippen molar-refractivity contribution in [3.63, 3.8) is 0 Å². The van der Waals surface area contributed by atoms with Crippen LogP contribution in [-0.2, 0) is 16.0 Å². The van der Waals surface area contributed by atoms with Crippen LogP contribution in [0.5, 0.6) is 0 Å². The number of benzene rings is 1. The van der Waals surface area contributed by atoms with Crippen molar-refractivity contribution in [1.82, 2.24) is 15.3 Å². The number of carbonyl (C=O) groups is 2. The molecule has 1 aliphatic carbocycles. The summed E-state index contributed by atoms with van der Waals surface area (Å²) in [5, 5.41) is 2.98. The number of hydrogen-bond donors (Lipinski definition) is 1. The second-order valence-corrected chi connectivity index (χ2v) is 8.56. The van der Waals surface area contributed by atoms with E-state index in [1.165, 1.54) is 0 Å². The standard InChI is InChI=1S/C23H19BrN4O2/c24-17-9-16(12-25-13-17)14-3-1-5-19(10-14)28-21-15(4-2-8-26-21)11-20(23(28)30)22(29)27-18-6-7-18/h1-5,8-10,12-13,18,20H,6-7,11H2,(H,27,29). The molecule has 150 valence electrons. The molecule has 1 aliphatic heterocycles. The van der Waals surface area contributed by atoms with Gasteiger partial charge in [-0.2, -0.15) is 0 Å². The van der Waals surface area contributed by atoms with Crippen molar-refractivity contribution in [3.8, 4) is 11.1 Å². The van der Waals surface area contributed by atoms with E-state index >= 15 is 0 Å². The number of pyridine rings is 2. The fourth-order valence-corrected chi connectivity index (χ4v) is 4.10. The zero-order valence-electron chi connectivity index (χ0n) is 16.1. The minimum absolute atomic E-state index is 0.200. The number of fused-ring (bicyclic) bond motifs is 1. The van der Waals surface area contributed by atoms with Gasteiger partial charge in [0.1, 0.15) is 11.7 Å². The third-order valence-electron chi connectivity index (χ3n) is 5.40. The fourth-order valence-electron chi connectivity index (χ4n) is 3.74. The van der Waals surface area contributed by atoms with Gasteiger partial charge in [0, 0.05) is 34.7 Å². The summed E-state index contributed by atoms with van der Waals surface area (Å²) in [5.74, 6) is -0.612. The largest absolute Gasteiger partial charge is 0.353 e. The van der Waals surface area contributed by atoms with Crippen LogP contribution in [0.1, 0.15) is 18.4 Å². The van der Waals surface area contributed by atoms with E-state index in [1.54, 1.807) is 23.5 Å². The molecule has 30 heavy (non-hydrogen) atoms. The van der Waals surface area contributed by atoms with Crippen LogP contribution in [0.25, 0.3) is 11.1 Å². The lowest BCUT2D eigenvalue weighted by Crippen LogP contribution is -2.47. The molecule has 3 heterocycles. The Bertz CT molecular complexity index is 1150. The highest BCUT2D eigenvalue weighted by Gasteiger charge is 2.40. The summed E-state index contributed by atoms with van der Waals surface area (Å²) in [7, 11) is 0. The van der Waals surface area contributed by atoms with Crippen molar-refractivity contribution < 1.29 is 9.59 Å². The Morgan fingerprint density at radius 3 is 2.77 bits per heavy atom. The Hall–Kier alpha value is -3.06. The molecule has 1 fully saturated rings. The van der Waals surface area contributed by atoms with Crippen LogP contribution in [0, 0.1) is 5.92 Å². The van der Waals surface area contributed by atoms with Crippen molar-refractivity contribution in [2.45, 2.75) is 25.3 Å². The summed E-state index contributed by atoms with van der Waals surface area (Å²) < 4.78 is 0.878. The first kappa shape index (κ1) is 18.9. The zero-order chi connectivity index (χ0) is 20.7. The minimum atomic E-state index is -0.751. The lowest BCUT2D eigenvalue weighted by atomic mass is 9.92. The molecular weight excluding hydrogens is 444 g/mol. The molecule has 0 spiro atoms. The summed E-state index contributed by atoms with van der Waals surface area (Å²) in [6.07, 6.45) is 7.51. The number of carbonyl (C=O) groups excluding carboxylic acids is 2. The second-order valence-electron chi connectivity index (χ2n) is 7.64. The van der Waals surface area contributed by atoms with Gasteiger partial charge in [0.05, 0.1) is 5.69 Å². The van der Waals surface area contributed by atoms with E-state index in [-0.39, 0.29) is 17.9 Å². The van der Waals surface area contributed by atoms with E-state index in [0.717, 1.165) is 34.0 Å². The highest BCUT2D eigenvalue weighted by atomic mass is 79.9. The van der Waals surface area contributed by atoms with Crippen LogP contribution in [0.15, 0.2) is 65.5 Å². The first-order chi connectivity index (χ1) is 14.6. The molecule has 3 aromatic rings. The molecule has 5 rings (SSSR count). The predicted molar refractivity (Wildman–Crippen MR) is 117 cm³/mol. The second kappa shape index (κ2) is 7.65. The molecule has 1 saturated carbocycles. The minimum Gasteiger partial charge on any atom is -0.353 e. The molecule has 6 nitrogen and oxygen atoms in total. The van der Waals surface area contributed by atoms with Crippen molar-refractivity contribution >= 4 is 39.2 Å². The van der Waals surface area contributed by atoms with E-state index in [4.69, 9.17) is 0 Å². The van der Waals surface area contributed by atoms with E-state index in [1.807, 2.05) is 42.5 Å². The number of aromatic nitrogens is 2. The molecule has 1 unspecified atom stereocenters. The molecule has 1 atom stereocenters. The highest BCUT2D eigenvalue weighted by molar-refractivity contribution is 9.10. The van der Waals surface area contributed by atoms with Crippen molar-refractivity contribution in [3.05, 3.63) is 71.1 Å². The van der Waals surface area contributed by atoms with Gasteiger partial charge in [-0.1, -0.05) is 18.2 Å². The van der Waals surface area contributed by atoms with Crippen LogP contribution >= 0.6 is 15.9 Å². The highest BCUT2D eigenvalue weighted by Crippen LogP contribution is 2.37. The third-order valence-corrected chi connectivity index (χ3v) is 5.84. The summed E-state index contributed by atoms with van der Waals surface area (Å²) >= 11 is 3.45. The van der Waals surface area contributed by atoms with Gasteiger partial charge in [0.25, 0.3) is 0 Å². The van der Waals surface area contributed by atoms with E-state index in [0.29, 0.717) is 17.9 Å². The molecule has 0 radical (unpaired) electrons. The van der Waals surface area contributed by atoms with Crippen LogP contribution in [-0.4, -0.2) is 27.8 Å². The van der Waals surface area contributed by atoms with Crippen LogP contribution in [0.4, 0.5) is 11.5 Å². The number of amides is 2. The lowest BCUT2D eigenvalue weighted by molar-refractivity contribution is -0.133. The Morgan fingerprint density at radius 1 is 1.10 bits per heavy atom.